The Bertz CT molecular complexity index is 453. The molecule has 0 spiro atoms. The fraction of sp³-hybridized carbons (Fsp3) is 0.556. The van der Waals surface area contributed by atoms with Gasteiger partial charge in [0.25, 0.3) is 0 Å². The number of furan rings is 2. The average Bonchev–Trinajstić information content (AvgIpc) is 3.06. The van der Waals surface area contributed by atoms with Crippen molar-refractivity contribution in [3.8, 4) is 0 Å². The van der Waals surface area contributed by atoms with Crippen LogP contribution in [0.25, 0.3) is 0 Å². The summed E-state index contributed by atoms with van der Waals surface area (Å²) >= 11 is 0. The van der Waals surface area contributed by atoms with Gasteiger partial charge >= 0.3 is 0 Å². The van der Waals surface area contributed by atoms with Gasteiger partial charge in [-0.25, -0.2) is 0 Å². The molecule has 3 nitrogen and oxygen atoms in total. The topological polar surface area (TPSA) is 52.3 Å². The van der Waals surface area contributed by atoms with E-state index in [0.29, 0.717) is 5.92 Å². The molecular weight excluding hydrogens is 262 g/mol. The molecule has 2 N–H and O–H groups in total. The molecule has 0 bridgehead atoms. The van der Waals surface area contributed by atoms with Crippen LogP contribution < -0.4 is 5.73 Å². The predicted octanol–water partition coefficient (Wildman–Crippen LogP) is 5.74. The molecule has 2 aromatic heterocycles. The van der Waals surface area contributed by atoms with E-state index in [4.69, 9.17) is 14.6 Å². The van der Waals surface area contributed by atoms with Crippen LogP contribution in [0.5, 0.6) is 0 Å². The van der Waals surface area contributed by atoms with E-state index in [1.165, 1.54) is 0 Å². The third-order valence-electron chi connectivity index (χ3n) is 3.43. The number of aryl methyl sites for hydroxylation is 2. The minimum Gasteiger partial charge on any atom is -0.466 e. The maximum absolute atomic E-state index is 5.71. The van der Waals surface area contributed by atoms with E-state index in [1.807, 2.05) is 39.0 Å². The maximum atomic E-state index is 5.71. The zero-order valence-electron chi connectivity index (χ0n) is 13.3. The SMILES string of the molecule is C.CC[C@@H](C)c1ccc(C)o1.CC[C@@H](N)c1ccc(C)o1. The van der Waals surface area contributed by atoms with Crippen LogP contribution >= 0.6 is 0 Å². The van der Waals surface area contributed by atoms with Gasteiger partial charge in [0.05, 0.1) is 6.04 Å². The first kappa shape index (κ1) is 19.5. The molecule has 0 aromatic carbocycles. The van der Waals surface area contributed by atoms with Crippen molar-refractivity contribution in [2.45, 2.75) is 66.8 Å². The van der Waals surface area contributed by atoms with E-state index < -0.39 is 0 Å². The Balaban J connectivity index is 0.000000364. The number of hydrogen-bond acceptors (Lipinski definition) is 3. The predicted molar refractivity (Wildman–Crippen MR) is 89.5 cm³/mol. The van der Waals surface area contributed by atoms with Gasteiger partial charge in [0, 0.05) is 5.92 Å². The smallest absolute Gasteiger partial charge is 0.120 e. The van der Waals surface area contributed by atoms with Crippen LogP contribution in [0.2, 0.25) is 0 Å². The van der Waals surface area contributed by atoms with Crippen molar-refractivity contribution >= 4 is 0 Å². The molecule has 2 atom stereocenters. The van der Waals surface area contributed by atoms with Gasteiger partial charge in [0.2, 0.25) is 0 Å². The molecule has 120 valence electrons. The Labute approximate surface area is 129 Å². The lowest BCUT2D eigenvalue weighted by atomic mass is 10.1. The van der Waals surface area contributed by atoms with Gasteiger partial charge in [-0.05, 0) is 51.0 Å². The monoisotopic (exact) mass is 293 g/mol. The second kappa shape index (κ2) is 9.46. The van der Waals surface area contributed by atoms with Crippen LogP contribution in [0, 0.1) is 13.8 Å². The zero-order valence-corrected chi connectivity index (χ0v) is 13.3. The highest BCUT2D eigenvalue weighted by Gasteiger charge is 2.06. The van der Waals surface area contributed by atoms with Crippen LogP contribution in [0.1, 0.15) is 76.0 Å². The normalized spacial score (nSPS) is 12.9. The third kappa shape index (κ3) is 6.21. The van der Waals surface area contributed by atoms with Crippen molar-refractivity contribution < 1.29 is 8.83 Å². The summed E-state index contributed by atoms with van der Waals surface area (Å²) in [5, 5.41) is 0. The Kier molecular flexibility index (Phi) is 8.79. The highest BCUT2D eigenvalue weighted by molar-refractivity contribution is 5.09. The van der Waals surface area contributed by atoms with Gasteiger partial charge in [-0.3, -0.25) is 0 Å². The Morgan fingerprint density at radius 2 is 1.38 bits per heavy atom. The molecule has 0 unspecified atom stereocenters. The third-order valence-corrected chi connectivity index (χ3v) is 3.43. The zero-order chi connectivity index (χ0) is 15.1. The summed E-state index contributed by atoms with van der Waals surface area (Å²) in [5.41, 5.74) is 5.71. The number of nitrogens with two attached hydrogens (primary N) is 1. The standard InChI is InChI=1S/C9H14O.C8H13NO.CH4/c1-4-7(2)9-6-5-8(3)10-9;1-3-7(9)8-5-4-6(2)10-8;/h5-7H,4H2,1-3H3;4-5,7H,3,9H2,1-2H3;1H4/t2*7-;/m11./s1. The van der Waals surface area contributed by atoms with E-state index in [-0.39, 0.29) is 13.5 Å². The fourth-order valence-corrected chi connectivity index (χ4v) is 1.77. The molecule has 0 amide bonds. The summed E-state index contributed by atoms with van der Waals surface area (Å²) in [7, 11) is 0. The second-order valence-corrected chi connectivity index (χ2v) is 5.22. The van der Waals surface area contributed by atoms with Crippen LogP contribution in [-0.2, 0) is 0 Å². The molecule has 0 saturated heterocycles. The van der Waals surface area contributed by atoms with Crippen LogP contribution in [0.3, 0.4) is 0 Å². The van der Waals surface area contributed by atoms with E-state index in [9.17, 15) is 0 Å². The van der Waals surface area contributed by atoms with E-state index in [0.717, 1.165) is 35.9 Å². The number of rotatable bonds is 4. The molecule has 2 aromatic rings. The Morgan fingerprint density at radius 1 is 0.905 bits per heavy atom. The average molecular weight is 293 g/mol. The van der Waals surface area contributed by atoms with Gasteiger partial charge in [0.15, 0.2) is 0 Å². The van der Waals surface area contributed by atoms with Gasteiger partial charge in [-0.15, -0.1) is 0 Å². The van der Waals surface area contributed by atoms with Crippen molar-refractivity contribution in [1.29, 1.82) is 0 Å². The van der Waals surface area contributed by atoms with Crippen LogP contribution in [0.15, 0.2) is 33.1 Å². The minimum absolute atomic E-state index is 0. The largest absolute Gasteiger partial charge is 0.466 e. The molecule has 2 rings (SSSR count). The molecule has 0 fully saturated rings. The molecule has 0 aliphatic rings. The van der Waals surface area contributed by atoms with E-state index in [2.05, 4.69) is 19.9 Å². The molecule has 0 aliphatic heterocycles. The molecule has 2 heterocycles. The molecule has 3 heteroatoms. The highest BCUT2D eigenvalue weighted by Crippen LogP contribution is 2.20. The van der Waals surface area contributed by atoms with Crippen molar-refractivity contribution in [2.24, 2.45) is 5.73 Å². The summed E-state index contributed by atoms with van der Waals surface area (Å²) in [6, 6.07) is 8.01. The van der Waals surface area contributed by atoms with E-state index >= 15 is 0 Å². The first-order valence-corrected chi connectivity index (χ1v) is 7.36. The van der Waals surface area contributed by atoms with Crippen molar-refractivity contribution in [2.75, 3.05) is 0 Å². The minimum atomic E-state index is 0. The first-order valence-electron chi connectivity index (χ1n) is 7.36. The van der Waals surface area contributed by atoms with Crippen LogP contribution in [-0.4, -0.2) is 0 Å². The molecule has 0 radical (unpaired) electrons. The lowest BCUT2D eigenvalue weighted by Gasteiger charge is -2.02. The number of hydrogen-bond donors (Lipinski definition) is 1. The second-order valence-electron chi connectivity index (χ2n) is 5.22. The summed E-state index contributed by atoms with van der Waals surface area (Å²) < 4.78 is 10.7. The fourth-order valence-electron chi connectivity index (χ4n) is 1.77. The lowest BCUT2D eigenvalue weighted by molar-refractivity contribution is 0.441. The highest BCUT2D eigenvalue weighted by atomic mass is 16.3. The molecular formula is C18H31NO2. The summed E-state index contributed by atoms with van der Waals surface area (Å²) in [5.74, 6) is 4.50. The molecule has 0 saturated carbocycles. The quantitative estimate of drug-likeness (QED) is 0.782. The van der Waals surface area contributed by atoms with Crippen molar-refractivity contribution in [1.82, 2.24) is 0 Å². The van der Waals surface area contributed by atoms with E-state index in [1.54, 1.807) is 0 Å². The molecule has 0 aliphatic carbocycles. The van der Waals surface area contributed by atoms with Gasteiger partial charge in [-0.1, -0.05) is 28.2 Å². The van der Waals surface area contributed by atoms with Gasteiger partial charge in [-0.2, -0.15) is 0 Å². The summed E-state index contributed by atoms with van der Waals surface area (Å²) in [6.07, 6.45) is 2.07. The Hall–Kier alpha value is -1.48. The van der Waals surface area contributed by atoms with Crippen molar-refractivity contribution in [3.05, 3.63) is 47.3 Å². The molecule has 21 heavy (non-hydrogen) atoms. The van der Waals surface area contributed by atoms with Gasteiger partial charge in [0.1, 0.15) is 23.0 Å². The van der Waals surface area contributed by atoms with Crippen molar-refractivity contribution in [3.63, 3.8) is 0 Å². The Morgan fingerprint density at radius 3 is 1.71 bits per heavy atom. The van der Waals surface area contributed by atoms with Gasteiger partial charge < -0.3 is 14.6 Å². The summed E-state index contributed by atoms with van der Waals surface area (Å²) in [6.45, 7) is 10.3. The maximum Gasteiger partial charge on any atom is 0.120 e. The first-order chi connectivity index (χ1) is 9.47. The lowest BCUT2D eigenvalue weighted by Crippen LogP contribution is -2.06. The van der Waals surface area contributed by atoms with Crippen LogP contribution in [0.4, 0.5) is 0 Å². The summed E-state index contributed by atoms with van der Waals surface area (Å²) in [4.78, 5) is 0.